The highest BCUT2D eigenvalue weighted by molar-refractivity contribution is 7.89. The van der Waals surface area contributed by atoms with Crippen LogP contribution in [0.2, 0.25) is 0 Å². The lowest BCUT2D eigenvalue weighted by Gasteiger charge is -2.35. The Morgan fingerprint density at radius 1 is 0.917 bits per heavy atom. The van der Waals surface area contributed by atoms with Gasteiger partial charge in [-0.05, 0) is 31.2 Å². The van der Waals surface area contributed by atoms with Gasteiger partial charge in [0.15, 0.2) is 5.78 Å². The standard InChI is InChI=1S/C18H20N2O3S/c1-15(21)16-6-5-7-17(14-16)19-10-12-20(13-11-19)24(22,23)18-8-3-2-4-9-18/h2-9,14H,10-13H2,1H3. The van der Waals surface area contributed by atoms with Crippen molar-refractivity contribution in [1.82, 2.24) is 4.31 Å². The minimum Gasteiger partial charge on any atom is -0.369 e. The number of Topliss-reactive ketones (excluding diaryl/α,β-unsaturated/α-hetero) is 1. The summed E-state index contributed by atoms with van der Waals surface area (Å²) in [6.07, 6.45) is 0. The summed E-state index contributed by atoms with van der Waals surface area (Å²) in [5, 5.41) is 0. The van der Waals surface area contributed by atoms with Gasteiger partial charge in [-0.25, -0.2) is 8.42 Å². The zero-order valence-corrected chi connectivity index (χ0v) is 14.4. The molecule has 0 aliphatic carbocycles. The Hall–Kier alpha value is -2.18. The van der Waals surface area contributed by atoms with Gasteiger partial charge >= 0.3 is 0 Å². The van der Waals surface area contributed by atoms with Crippen LogP contribution in [0.3, 0.4) is 0 Å². The summed E-state index contributed by atoms with van der Waals surface area (Å²) in [6.45, 7) is 3.62. The van der Waals surface area contributed by atoms with E-state index in [9.17, 15) is 13.2 Å². The van der Waals surface area contributed by atoms with Gasteiger partial charge < -0.3 is 4.90 Å². The van der Waals surface area contributed by atoms with E-state index in [4.69, 9.17) is 0 Å². The average Bonchev–Trinajstić information content (AvgIpc) is 2.62. The fourth-order valence-electron chi connectivity index (χ4n) is 2.85. The van der Waals surface area contributed by atoms with Crippen molar-refractivity contribution >= 4 is 21.5 Å². The van der Waals surface area contributed by atoms with E-state index in [2.05, 4.69) is 4.90 Å². The number of hydrogen-bond donors (Lipinski definition) is 0. The first-order valence-corrected chi connectivity index (χ1v) is 9.33. The van der Waals surface area contributed by atoms with Gasteiger partial charge in [-0.2, -0.15) is 4.31 Å². The molecule has 1 aliphatic heterocycles. The van der Waals surface area contributed by atoms with Crippen LogP contribution < -0.4 is 4.90 Å². The monoisotopic (exact) mass is 344 g/mol. The van der Waals surface area contributed by atoms with E-state index in [1.165, 1.54) is 4.31 Å². The third kappa shape index (κ3) is 3.34. The number of carbonyl (C=O) groups is 1. The second kappa shape index (κ2) is 6.75. The van der Waals surface area contributed by atoms with Gasteiger partial charge in [0.1, 0.15) is 0 Å². The van der Waals surface area contributed by atoms with Crippen LogP contribution >= 0.6 is 0 Å². The van der Waals surface area contributed by atoms with Crippen molar-refractivity contribution in [3.8, 4) is 0 Å². The van der Waals surface area contributed by atoms with Crippen molar-refractivity contribution in [3.05, 3.63) is 60.2 Å². The third-order valence-corrected chi connectivity index (χ3v) is 6.15. The minimum atomic E-state index is -3.44. The largest absolute Gasteiger partial charge is 0.369 e. The summed E-state index contributed by atoms with van der Waals surface area (Å²) in [5.41, 5.74) is 1.63. The molecule has 0 N–H and O–H groups in total. The number of sulfonamides is 1. The fraction of sp³-hybridized carbons (Fsp3) is 0.278. The van der Waals surface area contributed by atoms with Gasteiger partial charge in [0.2, 0.25) is 10.0 Å². The van der Waals surface area contributed by atoms with Crippen LogP contribution in [-0.2, 0) is 10.0 Å². The van der Waals surface area contributed by atoms with Gasteiger partial charge in [-0.1, -0.05) is 30.3 Å². The number of carbonyl (C=O) groups excluding carboxylic acids is 1. The zero-order valence-electron chi connectivity index (χ0n) is 13.6. The molecule has 0 spiro atoms. The molecule has 0 aromatic heterocycles. The summed E-state index contributed by atoms with van der Waals surface area (Å²) in [7, 11) is -3.44. The number of benzene rings is 2. The normalized spacial score (nSPS) is 16.1. The van der Waals surface area contributed by atoms with Gasteiger partial charge in [-0.3, -0.25) is 4.79 Å². The highest BCUT2D eigenvalue weighted by Crippen LogP contribution is 2.22. The molecule has 2 aromatic carbocycles. The summed E-state index contributed by atoms with van der Waals surface area (Å²) in [4.78, 5) is 14.0. The van der Waals surface area contributed by atoms with Crippen LogP contribution in [0.4, 0.5) is 5.69 Å². The molecular formula is C18H20N2O3S. The summed E-state index contributed by atoms with van der Waals surface area (Å²) < 4.78 is 26.8. The zero-order chi connectivity index (χ0) is 17.2. The lowest BCUT2D eigenvalue weighted by molar-refractivity contribution is 0.101. The Morgan fingerprint density at radius 3 is 2.21 bits per heavy atom. The smallest absolute Gasteiger partial charge is 0.243 e. The average molecular weight is 344 g/mol. The molecule has 0 unspecified atom stereocenters. The molecule has 0 atom stereocenters. The maximum Gasteiger partial charge on any atom is 0.243 e. The number of rotatable bonds is 4. The molecule has 0 radical (unpaired) electrons. The van der Waals surface area contributed by atoms with Crippen molar-refractivity contribution < 1.29 is 13.2 Å². The van der Waals surface area contributed by atoms with Crippen LogP contribution in [-0.4, -0.2) is 44.7 Å². The Morgan fingerprint density at radius 2 is 1.58 bits per heavy atom. The van der Waals surface area contributed by atoms with E-state index in [-0.39, 0.29) is 5.78 Å². The minimum absolute atomic E-state index is 0.0298. The van der Waals surface area contributed by atoms with Gasteiger partial charge in [0.25, 0.3) is 0 Å². The lowest BCUT2D eigenvalue weighted by Crippen LogP contribution is -2.48. The third-order valence-electron chi connectivity index (χ3n) is 4.24. The first-order valence-electron chi connectivity index (χ1n) is 7.89. The molecule has 24 heavy (non-hydrogen) atoms. The number of nitrogens with zero attached hydrogens (tertiary/aromatic N) is 2. The number of anilines is 1. The SMILES string of the molecule is CC(=O)c1cccc(N2CCN(S(=O)(=O)c3ccccc3)CC2)c1. The molecule has 0 bridgehead atoms. The second-order valence-electron chi connectivity index (χ2n) is 5.81. The van der Waals surface area contributed by atoms with E-state index in [1.54, 1.807) is 43.3 Å². The first kappa shape index (κ1) is 16.7. The Bertz CT molecular complexity index is 826. The predicted octanol–water partition coefficient (Wildman–Crippen LogP) is 2.40. The maximum absolute atomic E-state index is 12.6. The van der Waals surface area contributed by atoms with Gasteiger partial charge in [-0.15, -0.1) is 0 Å². The van der Waals surface area contributed by atoms with Crippen molar-refractivity contribution in [2.24, 2.45) is 0 Å². The predicted molar refractivity (Wildman–Crippen MR) is 93.9 cm³/mol. The molecule has 6 heteroatoms. The van der Waals surface area contributed by atoms with E-state index in [1.807, 2.05) is 18.2 Å². The Kier molecular flexibility index (Phi) is 4.69. The highest BCUT2D eigenvalue weighted by Gasteiger charge is 2.28. The van der Waals surface area contributed by atoms with Crippen molar-refractivity contribution in [2.45, 2.75) is 11.8 Å². The maximum atomic E-state index is 12.6. The molecule has 1 heterocycles. The van der Waals surface area contributed by atoms with Gasteiger partial charge in [0.05, 0.1) is 4.90 Å². The second-order valence-corrected chi connectivity index (χ2v) is 7.75. The molecule has 2 aromatic rings. The van der Waals surface area contributed by atoms with Crippen LogP contribution in [0.5, 0.6) is 0 Å². The molecule has 5 nitrogen and oxygen atoms in total. The molecule has 1 saturated heterocycles. The summed E-state index contributed by atoms with van der Waals surface area (Å²) in [5.74, 6) is 0.0298. The Labute approximate surface area is 142 Å². The Balaban J connectivity index is 1.72. The van der Waals surface area contributed by atoms with Crippen LogP contribution in [0.25, 0.3) is 0 Å². The van der Waals surface area contributed by atoms with Crippen LogP contribution in [0.15, 0.2) is 59.5 Å². The fourth-order valence-corrected chi connectivity index (χ4v) is 4.29. The molecule has 1 fully saturated rings. The van der Waals surface area contributed by atoms with Crippen LogP contribution in [0, 0.1) is 0 Å². The molecule has 126 valence electrons. The van der Waals surface area contributed by atoms with Crippen molar-refractivity contribution in [1.29, 1.82) is 0 Å². The summed E-state index contributed by atoms with van der Waals surface area (Å²) in [6, 6.07) is 16.0. The molecule has 0 saturated carbocycles. The number of piperazine rings is 1. The van der Waals surface area contributed by atoms with E-state index < -0.39 is 10.0 Å². The molecular weight excluding hydrogens is 324 g/mol. The van der Waals surface area contributed by atoms with Gasteiger partial charge in [0, 0.05) is 37.4 Å². The lowest BCUT2D eigenvalue weighted by atomic mass is 10.1. The number of hydrogen-bond acceptors (Lipinski definition) is 4. The topological polar surface area (TPSA) is 57.7 Å². The highest BCUT2D eigenvalue weighted by atomic mass is 32.2. The van der Waals surface area contributed by atoms with Crippen LogP contribution in [0.1, 0.15) is 17.3 Å². The van der Waals surface area contributed by atoms with E-state index >= 15 is 0 Å². The first-order chi connectivity index (χ1) is 11.5. The molecule has 0 amide bonds. The van der Waals surface area contributed by atoms with Crippen molar-refractivity contribution in [3.63, 3.8) is 0 Å². The summed E-state index contributed by atoms with van der Waals surface area (Å²) >= 11 is 0. The van der Waals surface area contributed by atoms with E-state index in [0.717, 1.165) is 5.69 Å². The quantitative estimate of drug-likeness (QED) is 0.799. The van der Waals surface area contributed by atoms with E-state index in [0.29, 0.717) is 36.6 Å². The molecule has 3 rings (SSSR count). The number of ketones is 1. The molecule has 1 aliphatic rings. The van der Waals surface area contributed by atoms with Crippen molar-refractivity contribution in [2.75, 3.05) is 31.1 Å².